The van der Waals surface area contributed by atoms with Crippen LogP contribution >= 0.6 is 15.9 Å². The van der Waals surface area contributed by atoms with Crippen molar-refractivity contribution in [3.63, 3.8) is 0 Å². The van der Waals surface area contributed by atoms with E-state index < -0.39 is 0 Å². The molecule has 0 aliphatic heterocycles. The summed E-state index contributed by atoms with van der Waals surface area (Å²) in [5.41, 5.74) is 3.94. The number of halogens is 1. The molecule has 0 amide bonds. The van der Waals surface area contributed by atoms with Crippen LogP contribution in [0.4, 0.5) is 0 Å². The Bertz CT molecular complexity index is 685. The first-order valence-corrected chi connectivity index (χ1v) is 6.39. The number of aromatic amines is 2. The van der Waals surface area contributed by atoms with Crippen molar-refractivity contribution in [3.8, 4) is 11.3 Å². The second kappa shape index (κ2) is 4.55. The molecule has 18 heavy (non-hydrogen) atoms. The van der Waals surface area contributed by atoms with E-state index in [0.29, 0.717) is 6.54 Å². The van der Waals surface area contributed by atoms with Crippen LogP contribution in [0.3, 0.4) is 0 Å². The van der Waals surface area contributed by atoms with Gasteiger partial charge in [-0.2, -0.15) is 0 Å². The van der Waals surface area contributed by atoms with Crippen molar-refractivity contribution in [1.29, 1.82) is 0 Å². The lowest BCUT2D eigenvalue weighted by atomic mass is 10.1. The van der Waals surface area contributed by atoms with E-state index in [-0.39, 0.29) is 0 Å². The molecule has 0 radical (unpaired) electrons. The zero-order valence-electron chi connectivity index (χ0n) is 9.79. The number of nitrogens with one attached hydrogen (secondary N) is 3. The molecule has 0 fully saturated rings. The fourth-order valence-electron chi connectivity index (χ4n) is 1.92. The molecule has 3 rings (SSSR count). The Morgan fingerprint density at radius 2 is 2.28 bits per heavy atom. The van der Waals surface area contributed by atoms with Crippen molar-refractivity contribution in [3.05, 3.63) is 35.0 Å². The second-order valence-corrected chi connectivity index (χ2v) is 4.80. The van der Waals surface area contributed by atoms with E-state index in [9.17, 15) is 0 Å². The molecule has 6 heteroatoms. The van der Waals surface area contributed by atoms with Gasteiger partial charge in [-0.1, -0.05) is 6.07 Å². The molecule has 0 aliphatic rings. The number of imidazole rings is 2. The maximum absolute atomic E-state index is 4.56. The molecule has 5 nitrogen and oxygen atoms in total. The highest BCUT2D eigenvalue weighted by molar-refractivity contribution is 9.10. The molecule has 0 unspecified atom stereocenters. The van der Waals surface area contributed by atoms with Crippen molar-refractivity contribution in [2.45, 2.75) is 6.54 Å². The van der Waals surface area contributed by atoms with Crippen molar-refractivity contribution in [1.82, 2.24) is 25.3 Å². The van der Waals surface area contributed by atoms with E-state index in [4.69, 9.17) is 0 Å². The highest BCUT2D eigenvalue weighted by Crippen LogP contribution is 2.27. The minimum Gasteiger partial charge on any atom is -0.345 e. The minimum absolute atomic E-state index is 0.713. The lowest BCUT2D eigenvalue weighted by molar-refractivity contribution is 0.771. The quantitative estimate of drug-likeness (QED) is 0.696. The third-order valence-corrected chi connectivity index (χ3v) is 3.32. The maximum Gasteiger partial charge on any atom is 0.121 e. The summed E-state index contributed by atoms with van der Waals surface area (Å²) in [6, 6.07) is 6.06. The van der Waals surface area contributed by atoms with Crippen LogP contribution in [0.2, 0.25) is 0 Å². The summed E-state index contributed by atoms with van der Waals surface area (Å²) in [5, 5.41) is 3.07. The van der Waals surface area contributed by atoms with Gasteiger partial charge >= 0.3 is 0 Å². The SMILES string of the molecule is CNCc1nc(-c2ccc3nc[nH]c3c2)c(Br)[nH]1. The first-order chi connectivity index (χ1) is 8.78. The number of rotatable bonds is 3. The number of hydrogen-bond acceptors (Lipinski definition) is 3. The van der Waals surface area contributed by atoms with E-state index in [0.717, 1.165) is 32.7 Å². The monoisotopic (exact) mass is 305 g/mol. The summed E-state index contributed by atoms with van der Waals surface area (Å²) in [6.07, 6.45) is 1.69. The van der Waals surface area contributed by atoms with E-state index in [1.165, 1.54) is 0 Å². The molecule has 0 atom stereocenters. The predicted octanol–water partition coefficient (Wildman–Crippen LogP) is 2.43. The Kier molecular flexibility index (Phi) is 2.89. The molecule has 0 saturated heterocycles. The largest absolute Gasteiger partial charge is 0.345 e. The van der Waals surface area contributed by atoms with Crippen LogP contribution in [0.25, 0.3) is 22.3 Å². The first-order valence-electron chi connectivity index (χ1n) is 5.60. The molecular formula is C12H12BrN5. The number of nitrogens with zero attached hydrogens (tertiary/aromatic N) is 2. The fraction of sp³-hybridized carbons (Fsp3) is 0.167. The van der Waals surface area contributed by atoms with Crippen molar-refractivity contribution < 1.29 is 0 Å². The molecule has 1 aromatic carbocycles. The van der Waals surface area contributed by atoms with Crippen LogP contribution in [-0.2, 0) is 6.54 Å². The summed E-state index contributed by atoms with van der Waals surface area (Å²) >= 11 is 3.51. The maximum atomic E-state index is 4.56. The van der Waals surface area contributed by atoms with Crippen LogP contribution in [0.15, 0.2) is 29.1 Å². The highest BCUT2D eigenvalue weighted by Gasteiger charge is 2.10. The molecule has 0 spiro atoms. The number of H-pyrrole nitrogens is 2. The molecular weight excluding hydrogens is 294 g/mol. The molecule has 0 saturated carbocycles. The molecule has 0 aliphatic carbocycles. The number of fused-ring (bicyclic) bond motifs is 1. The van der Waals surface area contributed by atoms with Crippen molar-refractivity contribution in [2.75, 3.05) is 7.05 Å². The van der Waals surface area contributed by atoms with Gasteiger partial charge in [0.1, 0.15) is 16.1 Å². The number of aromatic nitrogens is 4. The Morgan fingerprint density at radius 1 is 1.39 bits per heavy atom. The van der Waals surface area contributed by atoms with Crippen molar-refractivity contribution >= 4 is 27.0 Å². The standard InChI is InChI=1S/C12H12BrN5/c1-14-5-10-17-11(12(13)18-10)7-2-3-8-9(4-7)16-6-15-8/h2-4,6,14H,5H2,1H3,(H,15,16)(H,17,18). The third-order valence-electron chi connectivity index (χ3n) is 2.75. The normalized spacial score (nSPS) is 11.2. The first kappa shape index (κ1) is 11.4. The molecule has 2 aromatic heterocycles. The number of benzene rings is 1. The number of hydrogen-bond donors (Lipinski definition) is 3. The van der Waals surface area contributed by atoms with Crippen LogP contribution in [0.5, 0.6) is 0 Å². The van der Waals surface area contributed by atoms with Crippen LogP contribution in [-0.4, -0.2) is 27.0 Å². The van der Waals surface area contributed by atoms with Gasteiger partial charge in [-0.3, -0.25) is 0 Å². The van der Waals surface area contributed by atoms with Gasteiger partial charge < -0.3 is 15.3 Å². The lowest BCUT2D eigenvalue weighted by Gasteiger charge is -1.97. The topological polar surface area (TPSA) is 69.4 Å². The molecule has 0 bridgehead atoms. The molecule has 3 aromatic rings. The van der Waals surface area contributed by atoms with Gasteiger partial charge in [0.2, 0.25) is 0 Å². The molecule has 3 N–H and O–H groups in total. The molecule has 92 valence electrons. The van der Waals surface area contributed by atoms with Gasteiger partial charge in [-0.15, -0.1) is 0 Å². The van der Waals surface area contributed by atoms with Gasteiger partial charge in [0, 0.05) is 5.56 Å². The summed E-state index contributed by atoms with van der Waals surface area (Å²) in [5.74, 6) is 0.907. The van der Waals surface area contributed by atoms with Gasteiger partial charge in [0.05, 0.1) is 23.9 Å². The van der Waals surface area contributed by atoms with E-state index in [1.807, 2.05) is 25.2 Å². The van der Waals surface area contributed by atoms with Crippen LogP contribution in [0.1, 0.15) is 5.82 Å². The molecule has 2 heterocycles. The average Bonchev–Trinajstić information content (AvgIpc) is 2.95. The Balaban J connectivity index is 2.07. The summed E-state index contributed by atoms with van der Waals surface area (Å²) < 4.78 is 0.895. The van der Waals surface area contributed by atoms with E-state index in [1.54, 1.807) is 6.33 Å². The van der Waals surface area contributed by atoms with Gasteiger partial charge in [-0.25, -0.2) is 9.97 Å². The average molecular weight is 306 g/mol. The third kappa shape index (κ3) is 1.93. The summed E-state index contributed by atoms with van der Waals surface area (Å²) in [7, 11) is 1.90. The highest BCUT2D eigenvalue weighted by atomic mass is 79.9. The zero-order valence-corrected chi connectivity index (χ0v) is 11.4. The van der Waals surface area contributed by atoms with Crippen molar-refractivity contribution in [2.24, 2.45) is 0 Å². The zero-order chi connectivity index (χ0) is 12.5. The summed E-state index contributed by atoms with van der Waals surface area (Å²) in [6.45, 7) is 0.713. The predicted molar refractivity (Wildman–Crippen MR) is 74.1 cm³/mol. The Labute approximate surface area is 112 Å². The smallest absolute Gasteiger partial charge is 0.121 e. The summed E-state index contributed by atoms with van der Waals surface area (Å²) in [4.78, 5) is 15.1. The Morgan fingerprint density at radius 3 is 3.11 bits per heavy atom. The van der Waals surface area contributed by atoms with Gasteiger partial charge in [-0.05, 0) is 35.1 Å². The van der Waals surface area contributed by atoms with Crippen LogP contribution < -0.4 is 5.32 Å². The fourth-order valence-corrected chi connectivity index (χ4v) is 2.47. The van der Waals surface area contributed by atoms with E-state index in [2.05, 4.69) is 41.2 Å². The second-order valence-electron chi connectivity index (χ2n) is 4.01. The van der Waals surface area contributed by atoms with Gasteiger partial charge in [0.15, 0.2) is 0 Å². The van der Waals surface area contributed by atoms with Gasteiger partial charge in [0.25, 0.3) is 0 Å². The Hall–Kier alpha value is -1.66. The van der Waals surface area contributed by atoms with Crippen LogP contribution in [0, 0.1) is 0 Å². The lowest BCUT2D eigenvalue weighted by Crippen LogP contribution is -2.06. The minimum atomic E-state index is 0.713. The van der Waals surface area contributed by atoms with E-state index >= 15 is 0 Å².